The first kappa shape index (κ1) is 10.5. The summed E-state index contributed by atoms with van der Waals surface area (Å²) in [6, 6.07) is 0. The van der Waals surface area contributed by atoms with Crippen molar-refractivity contribution < 1.29 is 13.5 Å². The van der Waals surface area contributed by atoms with Crippen molar-refractivity contribution in [3.63, 3.8) is 0 Å². The van der Waals surface area contributed by atoms with Crippen molar-refractivity contribution in [3.8, 4) is 0 Å². The van der Waals surface area contributed by atoms with Crippen molar-refractivity contribution in [2.75, 3.05) is 13.2 Å². The van der Waals surface area contributed by atoms with Crippen LogP contribution in [-0.2, 0) is 4.74 Å². The molecule has 0 aliphatic carbocycles. The number of alkyl halides is 2. The number of hydrogen-bond donors (Lipinski definition) is 3. The van der Waals surface area contributed by atoms with E-state index >= 15 is 0 Å². The van der Waals surface area contributed by atoms with Crippen LogP contribution in [0, 0.1) is 0 Å². The van der Waals surface area contributed by atoms with Crippen molar-refractivity contribution in [1.82, 2.24) is 10.7 Å². The Morgan fingerprint density at radius 2 is 2.27 bits per heavy atom. The molecule has 0 saturated heterocycles. The second-order valence-corrected chi connectivity index (χ2v) is 1.94. The van der Waals surface area contributed by atoms with Crippen LogP contribution in [0.4, 0.5) is 8.78 Å². The minimum Gasteiger partial charge on any atom is -0.359 e. The lowest BCUT2D eigenvalue weighted by Gasteiger charge is -2.06. The molecule has 0 saturated carbocycles. The molecule has 4 nitrogen and oxygen atoms in total. The molecule has 4 N–H and O–H groups in total. The molecule has 0 rings (SSSR count). The zero-order valence-electron chi connectivity index (χ0n) is 5.64. The van der Waals surface area contributed by atoms with Crippen LogP contribution in [0.5, 0.6) is 0 Å². The SMILES string of the molecule is NNC(=S)NCCOC(F)F. The van der Waals surface area contributed by atoms with Gasteiger partial charge in [0, 0.05) is 6.54 Å². The van der Waals surface area contributed by atoms with E-state index in [2.05, 4.69) is 27.7 Å². The van der Waals surface area contributed by atoms with Gasteiger partial charge in [-0.25, -0.2) is 5.84 Å². The van der Waals surface area contributed by atoms with E-state index in [1.54, 1.807) is 0 Å². The number of rotatable bonds is 4. The number of halogens is 2. The zero-order valence-corrected chi connectivity index (χ0v) is 6.46. The molecule has 0 aromatic heterocycles. The fourth-order valence-electron chi connectivity index (χ4n) is 0.364. The van der Waals surface area contributed by atoms with Crippen LogP contribution < -0.4 is 16.6 Å². The number of hydrogen-bond acceptors (Lipinski definition) is 3. The number of nitrogens with one attached hydrogen (secondary N) is 2. The maximum Gasteiger partial charge on any atom is 0.345 e. The predicted molar refractivity (Wildman–Crippen MR) is 39.9 cm³/mol. The standard InChI is InChI=1S/C4H9F2N3OS/c5-3(6)10-2-1-8-4(11)9-7/h3H,1-2,7H2,(H2,8,9,11). The minimum absolute atomic E-state index is 0.112. The van der Waals surface area contributed by atoms with Crippen molar-refractivity contribution in [3.05, 3.63) is 0 Å². The van der Waals surface area contributed by atoms with Gasteiger partial charge in [-0.3, -0.25) is 0 Å². The van der Waals surface area contributed by atoms with E-state index in [4.69, 9.17) is 5.84 Å². The van der Waals surface area contributed by atoms with E-state index in [9.17, 15) is 8.78 Å². The average molecular weight is 185 g/mol. The summed E-state index contributed by atoms with van der Waals surface area (Å²) in [6.45, 7) is -2.65. The van der Waals surface area contributed by atoms with Crippen molar-refractivity contribution in [2.24, 2.45) is 5.84 Å². The molecule has 11 heavy (non-hydrogen) atoms. The molecule has 0 heterocycles. The highest BCUT2D eigenvalue weighted by molar-refractivity contribution is 7.80. The Hall–Kier alpha value is -0.530. The Morgan fingerprint density at radius 1 is 1.64 bits per heavy atom. The van der Waals surface area contributed by atoms with E-state index in [0.717, 1.165) is 0 Å². The Kier molecular flexibility index (Phi) is 5.90. The quantitative estimate of drug-likeness (QED) is 0.240. The van der Waals surface area contributed by atoms with Crippen LogP contribution in [0.3, 0.4) is 0 Å². The molecule has 0 aromatic rings. The van der Waals surface area contributed by atoms with Gasteiger partial charge in [-0.2, -0.15) is 8.78 Å². The van der Waals surface area contributed by atoms with Gasteiger partial charge in [-0.05, 0) is 12.2 Å². The van der Waals surface area contributed by atoms with Gasteiger partial charge in [-0.1, -0.05) is 0 Å². The molecule has 0 amide bonds. The van der Waals surface area contributed by atoms with Gasteiger partial charge >= 0.3 is 6.61 Å². The van der Waals surface area contributed by atoms with Gasteiger partial charge in [0.25, 0.3) is 0 Å². The van der Waals surface area contributed by atoms with Crippen LogP contribution in [0.15, 0.2) is 0 Å². The highest BCUT2D eigenvalue weighted by atomic mass is 32.1. The summed E-state index contributed by atoms with van der Waals surface area (Å²) in [4.78, 5) is 0. The molecule has 0 unspecified atom stereocenters. The third kappa shape index (κ3) is 7.37. The maximum absolute atomic E-state index is 11.3. The lowest BCUT2D eigenvalue weighted by Crippen LogP contribution is -2.41. The Balaban J connectivity index is 3.08. The summed E-state index contributed by atoms with van der Waals surface area (Å²) in [5.41, 5.74) is 2.13. The first-order valence-corrected chi connectivity index (χ1v) is 3.22. The molecule has 0 fully saturated rings. The minimum atomic E-state index is -2.74. The molecule has 0 spiro atoms. The molecule has 7 heteroatoms. The topological polar surface area (TPSA) is 59.3 Å². The normalized spacial score (nSPS) is 9.82. The Labute approximate surface area is 68.0 Å². The first-order valence-electron chi connectivity index (χ1n) is 2.81. The van der Waals surface area contributed by atoms with Crippen molar-refractivity contribution in [2.45, 2.75) is 6.61 Å². The molecule has 0 aliphatic rings. The number of ether oxygens (including phenoxy) is 1. The molecule has 0 aliphatic heterocycles. The van der Waals surface area contributed by atoms with Crippen LogP contribution in [0.2, 0.25) is 0 Å². The van der Waals surface area contributed by atoms with Crippen molar-refractivity contribution in [1.29, 1.82) is 0 Å². The molecule has 66 valence electrons. The highest BCUT2D eigenvalue weighted by Crippen LogP contribution is 1.91. The van der Waals surface area contributed by atoms with Gasteiger partial charge in [0.05, 0.1) is 6.61 Å². The highest BCUT2D eigenvalue weighted by Gasteiger charge is 1.99. The van der Waals surface area contributed by atoms with Gasteiger partial charge < -0.3 is 15.5 Å². The monoisotopic (exact) mass is 185 g/mol. The van der Waals surface area contributed by atoms with Gasteiger partial charge in [0.15, 0.2) is 5.11 Å². The largest absolute Gasteiger partial charge is 0.359 e. The number of nitrogens with two attached hydrogens (primary N) is 1. The smallest absolute Gasteiger partial charge is 0.345 e. The van der Waals surface area contributed by atoms with Crippen LogP contribution >= 0.6 is 12.2 Å². The summed E-state index contributed by atoms with van der Waals surface area (Å²) < 4.78 is 26.5. The van der Waals surface area contributed by atoms with E-state index in [1.165, 1.54) is 0 Å². The molecule has 0 atom stereocenters. The lowest BCUT2D eigenvalue weighted by atomic mass is 10.7. The molecule has 0 bridgehead atoms. The average Bonchev–Trinajstić information content (AvgIpc) is 1.97. The summed E-state index contributed by atoms with van der Waals surface area (Å²) >= 11 is 4.54. The van der Waals surface area contributed by atoms with E-state index < -0.39 is 6.61 Å². The molecular formula is C4H9F2N3OS. The fourth-order valence-corrected chi connectivity index (χ4v) is 0.466. The summed E-state index contributed by atoms with van der Waals surface area (Å²) in [6.07, 6.45) is 0. The summed E-state index contributed by atoms with van der Waals surface area (Å²) in [5.74, 6) is 4.87. The number of thiocarbonyl (C=S) groups is 1. The van der Waals surface area contributed by atoms with Crippen molar-refractivity contribution >= 4 is 17.3 Å². The van der Waals surface area contributed by atoms with Gasteiger partial charge in [0.1, 0.15) is 0 Å². The Bertz CT molecular complexity index is 124. The predicted octanol–water partition coefficient (Wildman–Crippen LogP) is -0.437. The second-order valence-electron chi connectivity index (χ2n) is 1.53. The second kappa shape index (κ2) is 6.20. The first-order chi connectivity index (χ1) is 5.16. The third-order valence-corrected chi connectivity index (χ3v) is 1.02. The third-order valence-electron chi connectivity index (χ3n) is 0.763. The van der Waals surface area contributed by atoms with E-state index in [1.807, 2.05) is 0 Å². The van der Waals surface area contributed by atoms with Crippen LogP contribution in [0.1, 0.15) is 0 Å². The van der Waals surface area contributed by atoms with E-state index in [-0.39, 0.29) is 18.3 Å². The number of hydrazine groups is 1. The zero-order chi connectivity index (χ0) is 8.69. The molecule has 0 aromatic carbocycles. The summed E-state index contributed by atoms with van der Waals surface area (Å²) in [5, 5.41) is 2.72. The van der Waals surface area contributed by atoms with Crippen LogP contribution in [0.25, 0.3) is 0 Å². The van der Waals surface area contributed by atoms with Gasteiger partial charge in [0.2, 0.25) is 0 Å². The van der Waals surface area contributed by atoms with Gasteiger partial charge in [-0.15, -0.1) is 0 Å². The summed E-state index contributed by atoms with van der Waals surface area (Å²) in [7, 11) is 0. The fraction of sp³-hybridized carbons (Fsp3) is 0.750. The molecule has 0 radical (unpaired) electrons. The van der Waals surface area contributed by atoms with E-state index in [0.29, 0.717) is 0 Å². The van der Waals surface area contributed by atoms with Crippen LogP contribution in [-0.4, -0.2) is 24.9 Å². The maximum atomic E-state index is 11.3. The molecular weight excluding hydrogens is 176 g/mol. The Morgan fingerprint density at radius 3 is 2.73 bits per heavy atom. The lowest BCUT2D eigenvalue weighted by molar-refractivity contribution is -0.126.